The zero-order chi connectivity index (χ0) is 22.7. The van der Waals surface area contributed by atoms with Crippen LogP contribution in [0.1, 0.15) is 27.2 Å². The maximum atomic E-state index is 14.4. The number of hydrogen-bond donors (Lipinski definition) is 1. The van der Waals surface area contributed by atoms with E-state index < -0.39 is 5.82 Å². The van der Waals surface area contributed by atoms with Crippen LogP contribution in [-0.2, 0) is 13.1 Å². The first-order valence-corrected chi connectivity index (χ1v) is 11.0. The summed E-state index contributed by atoms with van der Waals surface area (Å²) in [4.78, 5) is 17.7. The van der Waals surface area contributed by atoms with E-state index in [0.717, 1.165) is 38.3 Å². The molecule has 3 aromatic rings. The van der Waals surface area contributed by atoms with Gasteiger partial charge >= 0.3 is 0 Å². The maximum Gasteiger partial charge on any atom is 0.257 e. The number of carbonyl (C=O) groups excluding carboxylic acids is 1. The second kappa shape index (κ2) is 9.81. The van der Waals surface area contributed by atoms with Crippen molar-refractivity contribution in [2.24, 2.45) is 0 Å². The van der Waals surface area contributed by atoms with Crippen LogP contribution < -0.4 is 5.32 Å². The van der Waals surface area contributed by atoms with Crippen molar-refractivity contribution in [1.29, 1.82) is 0 Å². The molecule has 0 atom stereocenters. The average Bonchev–Trinajstić information content (AvgIpc) is 3.15. The van der Waals surface area contributed by atoms with Gasteiger partial charge in [0, 0.05) is 39.3 Å². The van der Waals surface area contributed by atoms with Gasteiger partial charge in [-0.25, -0.2) is 4.39 Å². The number of nitrogens with zero attached hydrogens (tertiary/aromatic N) is 3. The summed E-state index contributed by atoms with van der Waals surface area (Å²) in [5.74, 6) is -0.639. The fourth-order valence-electron chi connectivity index (χ4n) is 3.91. The van der Waals surface area contributed by atoms with Gasteiger partial charge in [0.25, 0.3) is 5.91 Å². The lowest BCUT2D eigenvalue weighted by atomic mass is 10.0. The van der Waals surface area contributed by atoms with Gasteiger partial charge in [0.1, 0.15) is 22.8 Å². The van der Waals surface area contributed by atoms with Crippen molar-refractivity contribution in [3.05, 3.63) is 75.8 Å². The molecule has 0 radical (unpaired) electrons. The third-order valence-electron chi connectivity index (χ3n) is 5.74. The third-order valence-corrected chi connectivity index (χ3v) is 6.05. The molecule has 1 aliphatic heterocycles. The van der Waals surface area contributed by atoms with E-state index in [2.05, 4.69) is 39.5 Å². The number of carbonyl (C=O) groups is 1. The van der Waals surface area contributed by atoms with Crippen LogP contribution in [0.25, 0.3) is 11.3 Å². The Morgan fingerprint density at radius 3 is 2.62 bits per heavy atom. The summed E-state index contributed by atoms with van der Waals surface area (Å²) in [5.41, 5.74) is 2.55. The van der Waals surface area contributed by atoms with E-state index >= 15 is 0 Å². The van der Waals surface area contributed by atoms with Crippen LogP contribution in [0, 0.1) is 12.7 Å². The highest BCUT2D eigenvalue weighted by molar-refractivity contribution is 6.33. The van der Waals surface area contributed by atoms with Gasteiger partial charge in [-0.1, -0.05) is 47.1 Å². The van der Waals surface area contributed by atoms with Crippen LogP contribution in [0.3, 0.4) is 0 Å². The number of aryl methyl sites for hydroxylation is 1. The topological polar surface area (TPSA) is 61.6 Å². The Bertz CT molecular complexity index is 1090. The lowest BCUT2D eigenvalue weighted by Crippen LogP contribution is -2.43. The molecule has 1 N–H and O–H groups in total. The van der Waals surface area contributed by atoms with Crippen molar-refractivity contribution < 1.29 is 13.7 Å². The second-order valence-corrected chi connectivity index (χ2v) is 8.55. The van der Waals surface area contributed by atoms with Crippen LogP contribution >= 0.6 is 11.6 Å². The quantitative estimate of drug-likeness (QED) is 0.604. The molecule has 0 aliphatic carbocycles. The standard InChI is InChI=1S/C24H26ClFN4O2/c1-16-21(23(28-32-16)22-19(25)7-4-8-20(22)26)24(31)27-14-17-5-3-6-18(13-17)15-30-11-9-29(2)10-12-30/h3-8,13H,9-12,14-15H2,1-2H3,(H,27,31). The van der Waals surface area contributed by atoms with Crippen molar-refractivity contribution in [3.63, 3.8) is 0 Å². The Balaban J connectivity index is 1.45. The summed E-state index contributed by atoms with van der Waals surface area (Å²) in [5, 5.41) is 6.97. The molecular weight excluding hydrogens is 431 g/mol. The van der Waals surface area contributed by atoms with E-state index in [1.165, 1.54) is 17.7 Å². The molecule has 1 saturated heterocycles. The number of halogens is 2. The van der Waals surface area contributed by atoms with Gasteiger partial charge < -0.3 is 14.7 Å². The molecule has 8 heteroatoms. The maximum absolute atomic E-state index is 14.4. The number of rotatable bonds is 6. The largest absolute Gasteiger partial charge is 0.360 e. The molecule has 0 spiro atoms. The van der Waals surface area contributed by atoms with Crippen molar-refractivity contribution >= 4 is 17.5 Å². The van der Waals surface area contributed by atoms with Gasteiger partial charge in [-0.15, -0.1) is 0 Å². The summed E-state index contributed by atoms with van der Waals surface area (Å²) in [7, 11) is 2.14. The fourth-order valence-corrected chi connectivity index (χ4v) is 4.16. The number of amides is 1. The molecule has 0 saturated carbocycles. The first-order valence-electron chi connectivity index (χ1n) is 10.6. The Kier molecular flexibility index (Phi) is 6.89. The zero-order valence-electron chi connectivity index (χ0n) is 18.2. The summed E-state index contributed by atoms with van der Waals surface area (Å²) < 4.78 is 19.6. The Labute approximate surface area is 191 Å². The molecule has 2 aromatic carbocycles. The number of benzene rings is 2. The molecule has 168 valence electrons. The van der Waals surface area contributed by atoms with Gasteiger partial charge in [-0.3, -0.25) is 9.69 Å². The van der Waals surface area contributed by atoms with Crippen LogP contribution in [0.5, 0.6) is 0 Å². The van der Waals surface area contributed by atoms with Gasteiger partial charge in [-0.05, 0) is 37.2 Å². The average molecular weight is 457 g/mol. The minimum atomic E-state index is -0.559. The highest BCUT2D eigenvalue weighted by Gasteiger charge is 2.25. The molecule has 4 rings (SSSR count). The van der Waals surface area contributed by atoms with Crippen LogP contribution in [-0.4, -0.2) is 54.1 Å². The minimum absolute atomic E-state index is 0.0605. The van der Waals surface area contributed by atoms with E-state index in [1.54, 1.807) is 13.0 Å². The zero-order valence-corrected chi connectivity index (χ0v) is 19.0. The van der Waals surface area contributed by atoms with E-state index in [1.807, 2.05) is 12.1 Å². The monoisotopic (exact) mass is 456 g/mol. The Morgan fingerprint density at radius 1 is 1.16 bits per heavy atom. The number of likely N-dealkylation sites (N-methyl/N-ethyl adjacent to an activating group) is 1. The molecule has 2 heterocycles. The molecular formula is C24H26ClFN4O2. The number of aromatic nitrogens is 1. The first kappa shape index (κ1) is 22.5. The van der Waals surface area contributed by atoms with Crippen molar-refractivity contribution in [3.8, 4) is 11.3 Å². The summed E-state index contributed by atoms with van der Waals surface area (Å²) >= 11 is 6.17. The highest BCUT2D eigenvalue weighted by Crippen LogP contribution is 2.33. The summed E-state index contributed by atoms with van der Waals surface area (Å²) in [6, 6.07) is 12.5. The van der Waals surface area contributed by atoms with E-state index in [-0.39, 0.29) is 27.8 Å². The molecule has 6 nitrogen and oxygen atoms in total. The number of nitrogens with one attached hydrogen (secondary N) is 1. The van der Waals surface area contributed by atoms with Crippen molar-refractivity contribution in [2.75, 3.05) is 33.2 Å². The minimum Gasteiger partial charge on any atom is -0.360 e. The van der Waals surface area contributed by atoms with Crippen LogP contribution in [0.2, 0.25) is 5.02 Å². The molecule has 1 fully saturated rings. The fraction of sp³-hybridized carbons (Fsp3) is 0.333. The normalized spacial score (nSPS) is 15.1. The summed E-state index contributed by atoms with van der Waals surface area (Å²) in [6.07, 6.45) is 0. The van der Waals surface area contributed by atoms with Gasteiger partial charge in [0.2, 0.25) is 0 Å². The Morgan fingerprint density at radius 2 is 1.88 bits per heavy atom. The molecule has 1 aromatic heterocycles. The van der Waals surface area contributed by atoms with Gasteiger partial charge in [0.15, 0.2) is 0 Å². The molecule has 1 amide bonds. The van der Waals surface area contributed by atoms with Crippen LogP contribution in [0.15, 0.2) is 47.0 Å². The predicted molar refractivity (Wildman–Crippen MR) is 122 cm³/mol. The molecule has 0 unspecified atom stereocenters. The predicted octanol–water partition coefficient (Wildman–Crippen LogP) is 4.12. The van der Waals surface area contributed by atoms with Gasteiger partial charge in [-0.2, -0.15) is 0 Å². The van der Waals surface area contributed by atoms with Crippen LogP contribution in [0.4, 0.5) is 4.39 Å². The lowest BCUT2D eigenvalue weighted by Gasteiger charge is -2.32. The van der Waals surface area contributed by atoms with Crippen molar-refractivity contribution in [1.82, 2.24) is 20.3 Å². The van der Waals surface area contributed by atoms with Gasteiger partial charge in [0.05, 0.1) is 10.6 Å². The lowest BCUT2D eigenvalue weighted by molar-refractivity contribution is 0.0950. The SMILES string of the molecule is Cc1onc(-c2c(F)cccc2Cl)c1C(=O)NCc1cccc(CN2CCN(C)CC2)c1. The highest BCUT2D eigenvalue weighted by atomic mass is 35.5. The smallest absolute Gasteiger partial charge is 0.257 e. The van der Waals surface area contributed by atoms with E-state index in [0.29, 0.717) is 12.3 Å². The Hall–Kier alpha value is -2.74. The number of hydrogen-bond acceptors (Lipinski definition) is 5. The molecule has 0 bridgehead atoms. The second-order valence-electron chi connectivity index (χ2n) is 8.14. The van der Waals surface area contributed by atoms with E-state index in [9.17, 15) is 9.18 Å². The van der Waals surface area contributed by atoms with E-state index in [4.69, 9.17) is 16.1 Å². The van der Waals surface area contributed by atoms with Crippen molar-refractivity contribution in [2.45, 2.75) is 20.0 Å². The number of piperazine rings is 1. The molecule has 1 aliphatic rings. The third kappa shape index (κ3) is 5.01. The summed E-state index contributed by atoms with van der Waals surface area (Å²) in [6.45, 7) is 7.08. The molecule has 32 heavy (non-hydrogen) atoms. The first-order chi connectivity index (χ1) is 15.4.